The van der Waals surface area contributed by atoms with Gasteiger partial charge in [-0.1, -0.05) is 54.6 Å². The Bertz CT molecular complexity index is 1050. The third-order valence-electron chi connectivity index (χ3n) is 5.37. The lowest BCUT2D eigenvalue weighted by molar-refractivity contribution is 0.378. The lowest BCUT2D eigenvalue weighted by atomic mass is 10.0. The quantitative estimate of drug-likeness (QED) is 0.554. The lowest BCUT2D eigenvalue weighted by Gasteiger charge is -2.31. The van der Waals surface area contributed by atoms with E-state index in [9.17, 15) is 4.79 Å². The van der Waals surface area contributed by atoms with Crippen LogP contribution in [0.4, 0.5) is 0 Å². The Hall–Kier alpha value is -3.34. The van der Waals surface area contributed by atoms with Crippen molar-refractivity contribution in [1.29, 1.82) is 0 Å². The maximum atomic E-state index is 11.9. The fourth-order valence-electron chi connectivity index (χ4n) is 3.74. The van der Waals surface area contributed by atoms with Gasteiger partial charge in [-0.25, -0.2) is 0 Å². The van der Waals surface area contributed by atoms with Gasteiger partial charge >= 0.3 is 0 Å². The first-order valence-electron chi connectivity index (χ1n) is 9.98. The van der Waals surface area contributed by atoms with Crippen LogP contribution in [-0.4, -0.2) is 29.0 Å². The topological polar surface area (TPSA) is 49.6 Å². The second-order valence-electron chi connectivity index (χ2n) is 7.32. The largest absolute Gasteiger partial charge is 0.352 e. The minimum absolute atomic E-state index is 0.0187. The highest BCUT2D eigenvalue weighted by atomic mass is 16.1. The Labute approximate surface area is 171 Å². The molecule has 0 amide bonds. The highest BCUT2D eigenvalue weighted by Crippen LogP contribution is 2.18. The van der Waals surface area contributed by atoms with Crippen molar-refractivity contribution in [3.63, 3.8) is 0 Å². The van der Waals surface area contributed by atoms with Gasteiger partial charge in [0.15, 0.2) is 5.96 Å². The zero-order chi connectivity index (χ0) is 20.1. The number of rotatable bonds is 4. The van der Waals surface area contributed by atoms with E-state index in [0.717, 1.165) is 37.6 Å². The molecule has 5 nitrogen and oxygen atoms in total. The second kappa shape index (κ2) is 8.78. The lowest BCUT2D eigenvalue weighted by Crippen LogP contribution is -2.43. The molecule has 0 atom stereocenters. The Morgan fingerprint density at radius 1 is 0.966 bits per heavy atom. The zero-order valence-electron chi connectivity index (χ0n) is 16.7. The normalized spacial score (nSPS) is 13.8. The summed E-state index contributed by atoms with van der Waals surface area (Å²) in [6.07, 6.45) is 2.86. The third kappa shape index (κ3) is 4.57. The summed E-state index contributed by atoms with van der Waals surface area (Å²) in [4.78, 5) is 18.6. The third-order valence-corrected chi connectivity index (χ3v) is 5.37. The molecule has 0 bridgehead atoms. The fraction of sp³-hybridized carbons (Fsp3) is 0.250. The number of nitrogens with one attached hydrogen (secondary N) is 1. The molecule has 1 N–H and O–H groups in total. The molecular weight excluding hydrogens is 360 g/mol. The minimum Gasteiger partial charge on any atom is -0.352 e. The number of pyridine rings is 1. The van der Waals surface area contributed by atoms with Gasteiger partial charge in [0.25, 0.3) is 5.56 Å². The smallest absolute Gasteiger partial charge is 0.250 e. The van der Waals surface area contributed by atoms with E-state index in [1.54, 1.807) is 16.7 Å². The molecular formula is C24H26N4O. The van der Waals surface area contributed by atoms with Gasteiger partial charge in [0.2, 0.25) is 0 Å². The number of hydrogen-bond acceptors (Lipinski definition) is 2. The van der Waals surface area contributed by atoms with Crippen LogP contribution >= 0.6 is 0 Å². The molecule has 3 aromatic rings. The molecule has 0 saturated heterocycles. The van der Waals surface area contributed by atoms with Crippen molar-refractivity contribution in [2.24, 2.45) is 4.99 Å². The van der Waals surface area contributed by atoms with Crippen LogP contribution in [0.25, 0.3) is 0 Å². The van der Waals surface area contributed by atoms with E-state index in [-0.39, 0.29) is 5.56 Å². The Balaban J connectivity index is 1.36. The van der Waals surface area contributed by atoms with Gasteiger partial charge in [0.05, 0.1) is 6.54 Å². The zero-order valence-corrected chi connectivity index (χ0v) is 16.7. The first kappa shape index (κ1) is 19.0. The summed E-state index contributed by atoms with van der Waals surface area (Å²) in [6, 6.07) is 22.2. The van der Waals surface area contributed by atoms with Gasteiger partial charge in [-0.05, 0) is 34.7 Å². The molecule has 2 aromatic carbocycles. The highest BCUT2D eigenvalue weighted by molar-refractivity contribution is 5.80. The van der Waals surface area contributed by atoms with Crippen LogP contribution in [0.1, 0.15) is 22.3 Å². The molecule has 29 heavy (non-hydrogen) atoms. The molecule has 1 aliphatic heterocycles. The number of nitrogens with zero attached hydrogens (tertiary/aromatic N) is 3. The monoisotopic (exact) mass is 386 g/mol. The highest BCUT2D eigenvalue weighted by Gasteiger charge is 2.18. The number of benzene rings is 2. The van der Waals surface area contributed by atoms with Gasteiger partial charge in [-0.15, -0.1) is 0 Å². The van der Waals surface area contributed by atoms with Crippen LogP contribution < -0.4 is 10.9 Å². The molecule has 4 rings (SSSR count). The summed E-state index contributed by atoms with van der Waals surface area (Å²) >= 11 is 0. The van der Waals surface area contributed by atoms with Gasteiger partial charge < -0.3 is 14.8 Å². The van der Waals surface area contributed by atoms with Gasteiger partial charge in [0, 0.05) is 38.9 Å². The number of aliphatic imine (C=N–C) groups is 1. The predicted octanol–water partition coefficient (Wildman–Crippen LogP) is 3.03. The summed E-state index contributed by atoms with van der Waals surface area (Å²) in [5.41, 5.74) is 5.13. The van der Waals surface area contributed by atoms with Crippen molar-refractivity contribution in [3.8, 4) is 0 Å². The van der Waals surface area contributed by atoms with Gasteiger partial charge in [-0.2, -0.15) is 0 Å². The first-order chi connectivity index (χ1) is 14.2. The number of aromatic nitrogens is 1. The predicted molar refractivity (Wildman–Crippen MR) is 117 cm³/mol. The van der Waals surface area contributed by atoms with E-state index < -0.39 is 0 Å². The van der Waals surface area contributed by atoms with Gasteiger partial charge in [0.1, 0.15) is 0 Å². The number of guanidine groups is 1. The molecule has 0 spiro atoms. The van der Waals surface area contributed by atoms with Crippen molar-refractivity contribution in [1.82, 2.24) is 14.8 Å². The SMILES string of the molecule is CN=C(NCc1ccc(Cn2ccccc2=O)cc1)N1CCc2ccccc2C1. The molecule has 0 saturated carbocycles. The van der Waals surface area contributed by atoms with E-state index in [4.69, 9.17) is 0 Å². The minimum atomic E-state index is 0.0187. The second-order valence-corrected chi connectivity index (χ2v) is 7.32. The molecule has 1 aliphatic rings. The van der Waals surface area contributed by atoms with Crippen molar-refractivity contribution in [2.45, 2.75) is 26.1 Å². The van der Waals surface area contributed by atoms with E-state index in [1.165, 1.54) is 16.7 Å². The van der Waals surface area contributed by atoms with E-state index >= 15 is 0 Å². The van der Waals surface area contributed by atoms with Crippen molar-refractivity contribution in [3.05, 3.63) is 106 Å². The van der Waals surface area contributed by atoms with Gasteiger partial charge in [-0.3, -0.25) is 9.79 Å². The summed E-state index contributed by atoms with van der Waals surface area (Å²) in [5, 5.41) is 3.49. The van der Waals surface area contributed by atoms with Crippen LogP contribution in [0, 0.1) is 0 Å². The van der Waals surface area contributed by atoms with E-state index in [1.807, 2.05) is 19.3 Å². The maximum absolute atomic E-state index is 11.9. The molecule has 0 fully saturated rings. The number of fused-ring (bicyclic) bond motifs is 1. The summed E-state index contributed by atoms with van der Waals surface area (Å²) < 4.78 is 1.71. The van der Waals surface area contributed by atoms with Crippen LogP contribution in [-0.2, 0) is 26.1 Å². The van der Waals surface area contributed by atoms with Crippen molar-refractivity contribution >= 4 is 5.96 Å². The molecule has 0 radical (unpaired) electrons. The fourth-order valence-corrected chi connectivity index (χ4v) is 3.74. The standard InChI is InChI=1S/C24H26N4O/c1-25-24(28-15-13-21-6-2-3-7-22(21)18-28)26-16-19-9-11-20(12-10-19)17-27-14-5-4-8-23(27)29/h2-12,14H,13,15-18H2,1H3,(H,25,26). The Morgan fingerprint density at radius 2 is 1.69 bits per heavy atom. The molecule has 2 heterocycles. The Morgan fingerprint density at radius 3 is 2.45 bits per heavy atom. The van der Waals surface area contributed by atoms with E-state index in [2.05, 4.69) is 63.7 Å². The molecule has 0 aliphatic carbocycles. The summed E-state index contributed by atoms with van der Waals surface area (Å²) in [7, 11) is 1.84. The van der Waals surface area contributed by atoms with Crippen molar-refractivity contribution < 1.29 is 0 Å². The molecule has 148 valence electrons. The average molecular weight is 386 g/mol. The van der Waals surface area contributed by atoms with Crippen molar-refractivity contribution in [2.75, 3.05) is 13.6 Å². The summed E-state index contributed by atoms with van der Waals surface area (Å²) in [5.74, 6) is 0.930. The van der Waals surface area contributed by atoms with Crippen LogP contribution in [0.2, 0.25) is 0 Å². The molecule has 0 unspecified atom stereocenters. The average Bonchev–Trinajstić information content (AvgIpc) is 2.77. The Kier molecular flexibility index (Phi) is 5.75. The van der Waals surface area contributed by atoms with Crippen LogP contribution in [0.5, 0.6) is 0 Å². The maximum Gasteiger partial charge on any atom is 0.250 e. The van der Waals surface area contributed by atoms with Crippen LogP contribution in [0.3, 0.4) is 0 Å². The molecule has 1 aromatic heterocycles. The van der Waals surface area contributed by atoms with Crippen LogP contribution in [0.15, 0.2) is 82.7 Å². The summed E-state index contributed by atoms with van der Waals surface area (Å²) in [6.45, 7) is 3.17. The first-order valence-corrected chi connectivity index (χ1v) is 9.98. The molecule has 5 heteroatoms. The van der Waals surface area contributed by atoms with E-state index in [0.29, 0.717) is 6.54 Å². The number of hydrogen-bond donors (Lipinski definition) is 1.